The van der Waals surface area contributed by atoms with Crippen LogP contribution in [-0.2, 0) is 4.74 Å². The van der Waals surface area contributed by atoms with E-state index in [1.807, 2.05) is 6.20 Å². The molecule has 3 aliphatic heterocycles. The maximum atomic E-state index is 6.21. The molecule has 4 fully saturated rings. The Labute approximate surface area is 162 Å². The van der Waals surface area contributed by atoms with E-state index in [0.29, 0.717) is 24.3 Å². The summed E-state index contributed by atoms with van der Waals surface area (Å²) in [5.41, 5.74) is 1.28. The summed E-state index contributed by atoms with van der Waals surface area (Å²) in [6.07, 6.45) is 9.83. The number of nitrogens with zero attached hydrogens (tertiary/aromatic N) is 3. The SMILES string of the molecule is CN1CC2CCC(C1)N2c1ccnc(OC2CC(OC3CCNCC3)C2)c1. The molecule has 3 saturated heterocycles. The number of fused-ring (bicyclic) bond motifs is 2. The van der Waals surface area contributed by atoms with E-state index in [1.54, 1.807) is 0 Å². The molecule has 1 saturated carbocycles. The molecule has 1 N–H and O–H groups in total. The fourth-order valence-corrected chi connectivity index (χ4v) is 5.26. The molecule has 4 aliphatic rings. The van der Waals surface area contributed by atoms with Crippen LogP contribution in [0.3, 0.4) is 0 Å². The molecule has 1 aliphatic carbocycles. The lowest BCUT2D eigenvalue weighted by Gasteiger charge is -2.41. The van der Waals surface area contributed by atoms with Crippen molar-refractivity contribution >= 4 is 5.69 Å². The Morgan fingerprint density at radius 2 is 1.74 bits per heavy atom. The molecule has 148 valence electrons. The Morgan fingerprint density at radius 3 is 2.48 bits per heavy atom. The van der Waals surface area contributed by atoms with E-state index >= 15 is 0 Å². The van der Waals surface area contributed by atoms with Gasteiger partial charge in [0.05, 0.1) is 12.2 Å². The van der Waals surface area contributed by atoms with E-state index in [0.717, 1.165) is 57.7 Å². The van der Waals surface area contributed by atoms with Crippen LogP contribution in [0.5, 0.6) is 5.88 Å². The molecule has 1 aromatic heterocycles. The number of nitrogens with one attached hydrogen (secondary N) is 1. The monoisotopic (exact) mass is 372 g/mol. The summed E-state index contributed by atoms with van der Waals surface area (Å²) < 4.78 is 12.4. The van der Waals surface area contributed by atoms with E-state index in [-0.39, 0.29) is 6.10 Å². The first-order valence-electron chi connectivity index (χ1n) is 10.7. The first kappa shape index (κ1) is 17.7. The zero-order valence-corrected chi connectivity index (χ0v) is 16.3. The van der Waals surface area contributed by atoms with Gasteiger partial charge in [0.1, 0.15) is 6.10 Å². The van der Waals surface area contributed by atoms with Crippen molar-refractivity contribution in [2.24, 2.45) is 0 Å². The van der Waals surface area contributed by atoms with Gasteiger partial charge in [-0.15, -0.1) is 0 Å². The van der Waals surface area contributed by atoms with Crippen LogP contribution in [0.2, 0.25) is 0 Å². The van der Waals surface area contributed by atoms with Crippen molar-refractivity contribution < 1.29 is 9.47 Å². The van der Waals surface area contributed by atoms with Crippen LogP contribution in [0.15, 0.2) is 18.3 Å². The Balaban J connectivity index is 1.15. The molecule has 0 aromatic carbocycles. The maximum Gasteiger partial charge on any atom is 0.215 e. The van der Waals surface area contributed by atoms with Gasteiger partial charge in [-0.2, -0.15) is 0 Å². The molecule has 0 spiro atoms. The topological polar surface area (TPSA) is 49.9 Å². The average molecular weight is 373 g/mol. The van der Waals surface area contributed by atoms with E-state index in [1.165, 1.54) is 18.5 Å². The van der Waals surface area contributed by atoms with Crippen molar-refractivity contribution in [1.29, 1.82) is 0 Å². The minimum absolute atomic E-state index is 0.253. The maximum absolute atomic E-state index is 6.21. The number of likely N-dealkylation sites (N-methyl/N-ethyl adjacent to an activating group) is 1. The summed E-state index contributed by atoms with van der Waals surface area (Å²) in [5, 5.41) is 3.39. The number of piperidine rings is 1. The van der Waals surface area contributed by atoms with Crippen LogP contribution >= 0.6 is 0 Å². The van der Waals surface area contributed by atoms with Gasteiger partial charge in [-0.25, -0.2) is 4.98 Å². The summed E-state index contributed by atoms with van der Waals surface area (Å²) in [4.78, 5) is 9.55. The summed E-state index contributed by atoms with van der Waals surface area (Å²) in [6, 6.07) is 5.57. The minimum atomic E-state index is 0.253. The summed E-state index contributed by atoms with van der Waals surface area (Å²) in [6.45, 7) is 4.49. The van der Waals surface area contributed by atoms with E-state index in [4.69, 9.17) is 9.47 Å². The molecule has 6 heteroatoms. The first-order chi connectivity index (χ1) is 13.2. The molecule has 0 amide bonds. The van der Waals surface area contributed by atoms with Gasteiger partial charge in [0.25, 0.3) is 0 Å². The highest BCUT2D eigenvalue weighted by Gasteiger charge is 2.39. The highest BCUT2D eigenvalue weighted by Crippen LogP contribution is 2.36. The van der Waals surface area contributed by atoms with Crippen LogP contribution in [0.1, 0.15) is 38.5 Å². The van der Waals surface area contributed by atoms with E-state index in [2.05, 4.69) is 39.3 Å². The Hall–Kier alpha value is -1.37. The van der Waals surface area contributed by atoms with Gasteiger partial charge < -0.3 is 24.6 Å². The highest BCUT2D eigenvalue weighted by molar-refractivity contribution is 5.52. The lowest BCUT2D eigenvalue weighted by molar-refractivity contribution is -0.103. The van der Waals surface area contributed by atoms with Gasteiger partial charge in [-0.05, 0) is 51.9 Å². The predicted octanol–water partition coefficient (Wildman–Crippen LogP) is 2.04. The molecule has 5 rings (SSSR count). The zero-order chi connectivity index (χ0) is 18.2. The van der Waals surface area contributed by atoms with E-state index in [9.17, 15) is 0 Å². The number of hydrogen-bond donors (Lipinski definition) is 1. The van der Waals surface area contributed by atoms with E-state index < -0.39 is 0 Å². The third kappa shape index (κ3) is 3.80. The second-order valence-corrected chi connectivity index (χ2v) is 8.78. The molecule has 2 unspecified atom stereocenters. The first-order valence-corrected chi connectivity index (χ1v) is 10.7. The molecular weight excluding hydrogens is 340 g/mol. The second kappa shape index (κ2) is 7.57. The Morgan fingerprint density at radius 1 is 1.00 bits per heavy atom. The molecule has 4 heterocycles. The third-order valence-corrected chi connectivity index (χ3v) is 6.69. The summed E-state index contributed by atoms with van der Waals surface area (Å²) in [5.74, 6) is 0.774. The van der Waals surface area contributed by atoms with Gasteiger partial charge >= 0.3 is 0 Å². The molecule has 6 nitrogen and oxygen atoms in total. The molecule has 2 bridgehead atoms. The normalized spacial score (nSPS) is 34.5. The van der Waals surface area contributed by atoms with Crippen molar-refractivity contribution in [3.05, 3.63) is 18.3 Å². The van der Waals surface area contributed by atoms with Gasteiger partial charge in [-0.3, -0.25) is 0 Å². The van der Waals surface area contributed by atoms with Crippen molar-refractivity contribution in [3.63, 3.8) is 0 Å². The zero-order valence-electron chi connectivity index (χ0n) is 16.3. The van der Waals surface area contributed by atoms with Crippen molar-refractivity contribution in [1.82, 2.24) is 15.2 Å². The summed E-state index contributed by atoms with van der Waals surface area (Å²) in [7, 11) is 2.24. The van der Waals surface area contributed by atoms with Crippen molar-refractivity contribution in [2.75, 3.05) is 38.1 Å². The van der Waals surface area contributed by atoms with Gasteiger partial charge in [0.2, 0.25) is 5.88 Å². The van der Waals surface area contributed by atoms with Crippen LogP contribution in [0.25, 0.3) is 0 Å². The average Bonchev–Trinajstić information content (AvgIpc) is 2.92. The van der Waals surface area contributed by atoms with Gasteiger partial charge in [-0.1, -0.05) is 0 Å². The molecule has 27 heavy (non-hydrogen) atoms. The number of aromatic nitrogens is 1. The number of piperazine rings is 1. The van der Waals surface area contributed by atoms with Crippen LogP contribution in [0, 0.1) is 0 Å². The minimum Gasteiger partial charge on any atom is -0.474 e. The van der Waals surface area contributed by atoms with Crippen LogP contribution in [0.4, 0.5) is 5.69 Å². The molecule has 2 atom stereocenters. The van der Waals surface area contributed by atoms with Crippen LogP contribution < -0.4 is 15.0 Å². The number of rotatable bonds is 5. The highest BCUT2D eigenvalue weighted by atomic mass is 16.5. The fraction of sp³-hybridized carbons (Fsp3) is 0.762. The lowest BCUT2D eigenvalue weighted by Crippen LogP contribution is -2.52. The fourth-order valence-electron chi connectivity index (χ4n) is 5.26. The molecular formula is C21H32N4O2. The molecule has 0 radical (unpaired) electrons. The quantitative estimate of drug-likeness (QED) is 0.854. The number of ether oxygens (including phenoxy) is 2. The predicted molar refractivity (Wildman–Crippen MR) is 105 cm³/mol. The number of pyridine rings is 1. The lowest BCUT2D eigenvalue weighted by atomic mass is 9.91. The van der Waals surface area contributed by atoms with Gasteiger partial charge in [0.15, 0.2) is 0 Å². The third-order valence-electron chi connectivity index (χ3n) is 6.69. The van der Waals surface area contributed by atoms with Crippen LogP contribution in [-0.4, -0.2) is 73.5 Å². The van der Waals surface area contributed by atoms with Crippen molar-refractivity contribution in [2.45, 2.75) is 68.9 Å². The largest absolute Gasteiger partial charge is 0.474 e. The van der Waals surface area contributed by atoms with Crippen molar-refractivity contribution in [3.8, 4) is 5.88 Å². The summed E-state index contributed by atoms with van der Waals surface area (Å²) >= 11 is 0. The standard InChI is InChI=1S/C21H32N4O2/c1-24-13-16-2-3-17(14-24)25(16)15-4-9-23-21(10-15)27-20-11-19(12-20)26-18-5-7-22-8-6-18/h4,9-10,16-20,22H,2-3,5-8,11-14H2,1H3. The Bertz CT molecular complexity index is 631. The van der Waals surface area contributed by atoms with Gasteiger partial charge in [0, 0.05) is 56.0 Å². The number of anilines is 1. The molecule has 1 aromatic rings. The Kier molecular flexibility index (Phi) is 4.96. The smallest absolute Gasteiger partial charge is 0.215 e. The number of hydrogen-bond acceptors (Lipinski definition) is 6. The second-order valence-electron chi connectivity index (χ2n) is 8.78. The number of likely N-dealkylation sites (tertiary alicyclic amines) is 1.